The first-order chi connectivity index (χ1) is 6.89. The average Bonchev–Trinajstić information content (AvgIpc) is 1.99. The van der Waals surface area contributed by atoms with Crippen LogP contribution in [0.3, 0.4) is 0 Å². The van der Waals surface area contributed by atoms with Gasteiger partial charge in [0.25, 0.3) is 0 Å². The molecule has 90 valence electrons. The minimum Gasteiger partial charge on any atom is -0.327 e. The molecule has 0 saturated carbocycles. The number of nitrogens with two attached hydrogens (primary N) is 1. The average molecular weight is 230 g/mol. The van der Waals surface area contributed by atoms with Crippen LogP contribution in [0.2, 0.25) is 0 Å². The van der Waals surface area contributed by atoms with E-state index in [9.17, 15) is 0 Å². The molecule has 1 fully saturated rings. The summed E-state index contributed by atoms with van der Waals surface area (Å²) in [6.07, 6.45) is 1.14. The highest BCUT2D eigenvalue weighted by molar-refractivity contribution is 8.00. The summed E-state index contributed by atoms with van der Waals surface area (Å²) in [4.78, 5) is 2.53. The highest BCUT2D eigenvalue weighted by atomic mass is 32.2. The van der Waals surface area contributed by atoms with Crippen LogP contribution in [0.5, 0.6) is 0 Å². The van der Waals surface area contributed by atoms with Crippen molar-refractivity contribution in [3.8, 4) is 0 Å². The molecule has 1 heterocycles. The monoisotopic (exact) mass is 230 g/mol. The smallest absolute Gasteiger partial charge is 0.0231 e. The van der Waals surface area contributed by atoms with E-state index in [0.29, 0.717) is 16.7 Å². The number of nitrogens with zero attached hydrogens (tertiary/aromatic N) is 1. The van der Waals surface area contributed by atoms with E-state index in [4.69, 9.17) is 5.73 Å². The van der Waals surface area contributed by atoms with Crippen molar-refractivity contribution in [3.63, 3.8) is 0 Å². The Kier molecular flexibility index (Phi) is 4.94. The molecule has 2 N–H and O–H groups in total. The fourth-order valence-corrected chi connectivity index (χ4v) is 3.46. The summed E-state index contributed by atoms with van der Waals surface area (Å²) in [7, 11) is 0. The lowest BCUT2D eigenvalue weighted by Gasteiger charge is -2.38. The van der Waals surface area contributed by atoms with Gasteiger partial charge in [-0.05, 0) is 26.2 Å². The summed E-state index contributed by atoms with van der Waals surface area (Å²) in [5, 5.41) is 0. The predicted molar refractivity (Wildman–Crippen MR) is 70.4 cm³/mol. The van der Waals surface area contributed by atoms with Crippen molar-refractivity contribution in [2.24, 2.45) is 11.7 Å². The number of hydrogen-bond acceptors (Lipinski definition) is 3. The molecule has 1 saturated heterocycles. The Morgan fingerprint density at radius 2 is 2.07 bits per heavy atom. The molecule has 1 rings (SSSR count). The second-order valence-corrected chi connectivity index (χ2v) is 7.53. The SMILES string of the molecule is CC(C)CC(N)CN1CCSC(C)(C)C1. The van der Waals surface area contributed by atoms with Gasteiger partial charge in [0.1, 0.15) is 0 Å². The quantitative estimate of drug-likeness (QED) is 0.803. The zero-order chi connectivity index (χ0) is 11.5. The molecule has 0 bridgehead atoms. The zero-order valence-electron chi connectivity index (χ0n) is 10.6. The molecule has 0 aromatic carbocycles. The van der Waals surface area contributed by atoms with Gasteiger partial charge >= 0.3 is 0 Å². The first-order valence-electron chi connectivity index (χ1n) is 6.01. The van der Waals surface area contributed by atoms with E-state index in [1.165, 1.54) is 18.8 Å². The summed E-state index contributed by atoms with van der Waals surface area (Å²) < 4.78 is 0.413. The fourth-order valence-electron chi connectivity index (χ4n) is 2.28. The van der Waals surface area contributed by atoms with Crippen molar-refractivity contribution in [1.82, 2.24) is 4.90 Å². The molecule has 0 aliphatic carbocycles. The van der Waals surface area contributed by atoms with Crippen molar-refractivity contribution in [2.75, 3.05) is 25.4 Å². The summed E-state index contributed by atoms with van der Waals surface area (Å²) in [6, 6.07) is 0.351. The van der Waals surface area contributed by atoms with E-state index in [0.717, 1.165) is 13.0 Å². The Balaban J connectivity index is 2.31. The van der Waals surface area contributed by atoms with Gasteiger partial charge in [0, 0.05) is 36.2 Å². The summed E-state index contributed by atoms with van der Waals surface area (Å²) >= 11 is 2.08. The van der Waals surface area contributed by atoms with Crippen molar-refractivity contribution >= 4 is 11.8 Å². The molecule has 1 aliphatic heterocycles. The van der Waals surface area contributed by atoms with Crippen LogP contribution >= 0.6 is 11.8 Å². The Bertz CT molecular complexity index is 192. The van der Waals surface area contributed by atoms with Gasteiger partial charge in [-0.2, -0.15) is 11.8 Å². The maximum absolute atomic E-state index is 6.15. The lowest BCUT2D eigenvalue weighted by molar-refractivity contribution is 0.235. The molecule has 15 heavy (non-hydrogen) atoms. The second kappa shape index (κ2) is 5.55. The molecule has 0 amide bonds. The predicted octanol–water partition coefficient (Wildman–Crippen LogP) is 2.19. The Labute approximate surface area is 99.0 Å². The summed E-state index contributed by atoms with van der Waals surface area (Å²) in [5.41, 5.74) is 6.15. The lowest BCUT2D eigenvalue weighted by atomic mass is 10.0. The number of thioether (sulfide) groups is 1. The third-order valence-electron chi connectivity index (χ3n) is 2.77. The lowest BCUT2D eigenvalue weighted by Crippen LogP contribution is -2.48. The van der Waals surface area contributed by atoms with Gasteiger partial charge in [-0.25, -0.2) is 0 Å². The Morgan fingerprint density at radius 3 is 2.60 bits per heavy atom. The maximum Gasteiger partial charge on any atom is 0.0231 e. The van der Waals surface area contributed by atoms with Crippen molar-refractivity contribution < 1.29 is 0 Å². The molecule has 1 unspecified atom stereocenters. The molecule has 0 aromatic heterocycles. The summed E-state index contributed by atoms with van der Waals surface area (Å²) in [6.45, 7) is 12.6. The second-order valence-electron chi connectivity index (χ2n) is 5.73. The molecular weight excluding hydrogens is 204 g/mol. The van der Waals surface area contributed by atoms with Gasteiger partial charge in [0.2, 0.25) is 0 Å². The van der Waals surface area contributed by atoms with Crippen LogP contribution in [-0.4, -0.2) is 41.1 Å². The molecule has 0 radical (unpaired) electrons. The van der Waals surface area contributed by atoms with Gasteiger partial charge in [-0.1, -0.05) is 13.8 Å². The topological polar surface area (TPSA) is 29.3 Å². The van der Waals surface area contributed by atoms with Crippen LogP contribution in [-0.2, 0) is 0 Å². The van der Waals surface area contributed by atoms with E-state index in [1.807, 2.05) is 0 Å². The Morgan fingerprint density at radius 1 is 1.40 bits per heavy atom. The van der Waals surface area contributed by atoms with Crippen LogP contribution in [0.4, 0.5) is 0 Å². The fraction of sp³-hybridized carbons (Fsp3) is 1.00. The molecule has 2 nitrogen and oxygen atoms in total. The number of rotatable bonds is 4. The third-order valence-corrected chi connectivity index (χ3v) is 4.07. The van der Waals surface area contributed by atoms with Gasteiger partial charge < -0.3 is 5.73 Å². The van der Waals surface area contributed by atoms with E-state index in [2.05, 4.69) is 44.4 Å². The standard InChI is InChI=1S/C12H26N2S/c1-10(2)7-11(13)8-14-5-6-15-12(3,4)9-14/h10-11H,5-9,13H2,1-4H3. The maximum atomic E-state index is 6.15. The van der Waals surface area contributed by atoms with Crippen LogP contribution in [0, 0.1) is 5.92 Å². The molecule has 0 spiro atoms. The van der Waals surface area contributed by atoms with Crippen molar-refractivity contribution in [3.05, 3.63) is 0 Å². The third kappa shape index (κ3) is 5.23. The van der Waals surface area contributed by atoms with Crippen LogP contribution < -0.4 is 5.73 Å². The first-order valence-corrected chi connectivity index (χ1v) is 6.99. The molecule has 1 aliphatic rings. The molecule has 0 aromatic rings. The van der Waals surface area contributed by atoms with Gasteiger partial charge in [-0.3, -0.25) is 4.90 Å². The summed E-state index contributed by atoms with van der Waals surface area (Å²) in [5.74, 6) is 1.97. The zero-order valence-corrected chi connectivity index (χ0v) is 11.4. The highest BCUT2D eigenvalue weighted by Crippen LogP contribution is 2.29. The van der Waals surface area contributed by atoms with Crippen molar-refractivity contribution in [2.45, 2.75) is 44.9 Å². The molecule has 1 atom stereocenters. The van der Waals surface area contributed by atoms with Gasteiger partial charge in [-0.15, -0.1) is 0 Å². The van der Waals surface area contributed by atoms with Crippen LogP contribution in [0.15, 0.2) is 0 Å². The van der Waals surface area contributed by atoms with E-state index < -0.39 is 0 Å². The van der Waals surface area contributed by atoms with E-state index in [1.54, 1.807) is 0 Å². The van der Waals surface area contributed by atoms with E-state index >= 15 is 0 Å². The number of hydrogen-bond donors (Lipinski definition) is 1. The first kappa shape index (κ1) is 13.3. The van der Waals surface area contributed by atoms with Crippen LogP contribution in [0.25, 0.3) is 0 Å². The largest absolute Gasteiger partial charge is 0.327 e. The van der Waals surface area contributed by atoms with Crippen molar-refractivity contribution in [1.29, 1.82) is 0 Å². The normalized spacial score (nSPS) is 24.4. The minimum atomic E-state index is 0.351. The van der Waals surface area contributed by atoms with Crippen LogP contribution in [0.1, 0.15) is 34.1 Å². The molecule has 3 heteroatoms. The minimum absolute atomic E-state index is 0.351. The molecular formula is C12H26N2S. The van der Waals surface area contributed by atoms with Gasteiger partial charge in [0.05, 0.1) is 0 Å². The Hall–Kier alpha value is 0.270. The van der Waals surface area contributed by atoms with E-state index in [-0.39, 0.29) is 0 Å². The van der Waals surface area contributed by atoms with Gasteiger partial charge in [0.15, 0.2) is 0 Å². The highest BCUT2D eigenvalue weighted by Gasteiger charge is 2.27.